The van der Waals surface area contributed by atoms with Gasteiger partial charge in [-0.25, -0.2) is 0 Å². The van der Waals surface area contributed by atoms with Gasteiger partial charge in [0.25, 0.3) is 0 Å². The minimum atomic E-state index is -0.223. The normalized spacial score (nSPS) is 12.7. The fourth-order valence-corrected chi connectivity index (χ4v) is 3.84. The molecule has 2 aromatic carbocycles. The Hall–Kier alpha value is -1.96. The van der Waals surface area contributed by atoms with Gasteiger partial charge in [0.15, 0.2) is 11.5 Å². The van der Waals surface area contributed by atoms with Gasteiger partial charge in [0.05, 0.1) is 0 Å². The molecule has 0 aliphatic rings. The molecule has 0 unspecified atom stereocenters. The van der Waals surface area contributed by atoms with Crippen LogP contribution in [0.2, 0.25) is 0 Å². The van der Waals surface area contributed by atoms with Crippen LogP contribution in [0.5, 0.6) is 11.5 Å². The summed E-state index contributed by atoms with van der Waals surface area (Å²) >= 11 is 0. The predicted molar refractivity (Wildman–Crippen MR) is 112 cm³/mol. The highest BCUT2D eigenvalue weighted by molar-refractivity contribution is 5.55. The lowest BCUT2D eigenvalue weighted by Gasteiger charge is -2.27. The number of hydrogen-bond donors (Lipinski definition) is 0. The van der Waals surface area contributed by atoms with Gasteiger partial charge in [-0.1, -0.05) is 83.9 Å². The Morgan fingerprint density at radius 2 is 1.04 bits per heavy atom. The molecule has 0 heterocycles. The largest absolute Gasteiger partial charge is 0.289 e. The van der Waals surface area contributed by atoms with Crippen molar-refractivity contribution in [1.82, 2.24) is 0 Å². The third-order valence-electron chi connectivity index (χ3n) is 5.30. The van der Waals surface area contributed by atoms with E-state index < -0.39 is 0 Å². The van der Waals surface area contributed by atoms with Crippen LogP contribution in [0.25, 0.3) is 0 Å². The quantitative estimate of drug-likeness (QED) is 0.533. The summed E-state index contributed by atoms with van der Waals surface area (Å²) in [5, 5.41) is 26.6. The summed E-state index contributed by atoms with van der Waals surface area (Å²) in [7, 11) is 0. The fraction of sp³-hybridized carbons (Fsp3) is 0.520. The number of benzene rings is 2. The first kappa shape index (κ1) is 21.3. The lowest BCUT2D eigenvalue weighted by Crippen LogP contribution is -2.15. The van der Waals surface area contributed by atoms with Gasteiger partial charge >= 0.3 is 0 Å². The van der Waals surface area contributed by atoms with Crippen molar-refractivity contribution in [2.75, 3.05) is 0 Å². The zero-order chi connectivity index (χ0) is 20.7. The monoisotopic (exact) mass is 366 g/mol. The van der Waals surface area contributed by atoms with Gasteiger partial charge in [-0.05, 0) is 31.1 Å². The maximum absolute atomic E-state index is 13.3. The first-order chi connectivity index (χ1) is 12.3. The first-order valence-corrected chi connectivity index (χ1v) is 9.91. The van der Waals surface area contributed by atoms with Gasteiger partial charge < -0.3 is 0 Å². The Morgan fingerprint density at radius 1 is 0.704 bits per heavy atom. The van der Waals surface area contributed by atoms with Gasteiger partial charge in [-0.3, -0.25) is 10.2 Å². The summed E-state index contributed by atoms with van der Waals surface area (Å²) in [6.07, 6.45) is 0.727. The standard InChI is InChI=1S/C25H34O2/c1-10-17(18-11-15(2)13-20(22(18)26)24(4,5)6)19-12-16(3)14-21(23(19)27)25(7,8)9/h11-14,17H,10H2,1-9H3. The molecule has 2 aromatic rings. The molecule has 2 radical (unpaired) electrons. The molecule has 0 aliphatic carbocycles. The molecule has 2 nitrogen and oxygen atoms in total. The molecular weight excluding hydrogens is 332 g/mol. The molecule has 0 aliphatic heterocycles. The molecule has 0 amide bonds. The topological polar surface area (TPSA) is 39.8 Å². The lowest BCUT2D eigenvalue weighted by atomic mass is 9.77. The summed E-state index contributed by atoms with van der Waals surface area (Å²) in [5.74, 6) is -0.0108. The zero-order valence-corrected chi connectivity index (χ0v) is 18.4. The van der Waals surface area contributed by atoms with E-state index in [1.807, 2.05) is 38.1 Å². The van der Waals surface area contributed by atoms with Crippen molar-refractivity contribution in [3.05, 3.63) is 57.6 Å². The molecule has 0 aromatic heterocycles. The van der Waals surface area contributed by atoms with Crippen LogP contribution in [-0.4, -0.2) is 0 Å². The molecule has 0 fully saturated rings. The highest BCUT2D eigenvalue weighted by Gasteiger charge is 2.30. The fourth-order valence-electron chi connectivity index (χ4n) is 3.84. The van der Waals surface area contributed by atoms with Crippen molar-refractivity contribution in [3.63, 3.8) is 0 Å². The van der Waals surface area contributed by atoms with Crippen molar-refractivity contribution >= 4 is 0 Å². The summed E-state index contributed by atoms with van der Waals surface area (Å²) in [6, 6.07) is 7.94. The van der Waals surface area contributed by atoms with Crippen molar-refractivity contribution in [2.24, 2.45) is 0 Å². The average molecular weight is 367 g/mol. The maximum atomic E-state index is 13.3. The molecule has 2 rings (SSSR count). The molecule has 2 heteroatoms. The molecule has 0 saturated carbocycles. The van der Waals surface area contributed by atoms with Crippen LogP contribution in [0.15, 0.2) is 24.3 Å². The maximum Gasteiger partial charge on any atom is 0.186 e. The van der Waals surface area contributed by atoms with Crippen molar-refractivity contribution in [3.8, 4) is 11.5 Å². The molecule has 0 bridgehead atoms. The van der Waals surface area contributed by atoms with Crippen molar-refractivity contribution in [2.45, 2.75) is 85.5 Å². The van der Waals surface area contributed by atoms with Crippen LogP contribution in [0.1, 0.15) is 94.2 Å². The van der Waals surface area contributed by atoms with Crippen LogP contribution >= 0.6 is 0 Å². The Labute approximate surface area is 165 Å². The van der Waals surface area contributed by atoms with E-state index in [1.165, 1.54) is 0 Å². The van der Waals surface area contributed by atoms with Gasteiger partial charge in [-0.15, -0.1) is 0 Å². The van der Waals surface area contributed by atoms with Crippen LogP contribution in [0.3, 0.4) is 0 Å². The zero-order valence-electron chi connectivity index (χ0n) is 18.4. The third kappa shape index (κ3) is 4.31. The van der Waals surface area contributed by atoms with E-state index in [2.05, 4.69) is 48.5 Å². The van der Waals surface area contributed by atoms with E-state index in [-0.39, 0.29) is 28.2 Å². The molecule has 0 N–H and O–H groups in total. The smallest absolute Gasteiger partial charge is 0.186 e. The second-order valence-corrected chi connectivity index (χ2v) is 9.92. The summed E-state index contributed by atoms with van der Waals surface area (Å²) < 4.78 is 0. The van der Waals surface area contributed by atoms with Crippen LogP contribution in [-0.2, 0) is 21.0 Å². The average Bonchev–Trinajstić information content (AvgIpc) is 2.51. The number of rotatable bonds is 3. The second kappa shape index (κ2) is 7.22. The Bertz CT molecular complexity index is 763. The van der Waals surface area contributed by atoms with E-state index in [9.17, 15) is 10.2 Å². The Kier molecular flexibility index (Phi) is 5.71. The Balaban J connectivity index is 2.77. The highest BCUT2D eigenvalue weighted by atomic mass is 16.3. The SMILES string of the molecule is CCC(c1cc(C)cc(C(C)(C)C)c1[O])c1cc(C)cc(C(C)(C)C)c1[O]. The molecule has 0 atom stereocenters. The number of hydrogen-bond acceptors (Lipinski definition) is 0. The molecular formula is C25H34O2. The van der Waals surface area contributed by atoms with Crippen LogP contribution < -0.4 is 0 Å². The second-order valence-electron chi connectivity index (χ2n) is 9.92. The van der Waals surface area contributed by atoms with E-state index in [0.717, 1.165) is 39.8 Å². The Morgan fingerprint density at radius 3 is 1.30 bits per heavy atom. The van der Waals surface area contributed by atoms with E-state index >= 15 is 0 Å². The van der Waals surface area contributed by atoms with Crippen molar-refractivity contribution in [1.29, 1.82) is 0 Å². The van der Waals surface area contributed by atoms with Gasteiger partial charge in [-0.2, -0.15) is 0 Å². The molecule has 0 saturated heterocycles. The van der Waals surface area contributed by atoms with Crippen LogP contribution in [0, 0.1) is 13.8 Å². The summed E-state index contributed by atoms with van der Waals surface area (Å²) in [5.41, 5.74) is 4.86. The van der Waals surface area contributed by atoms with E-state index in [1.54, 1.807) is 0 Å². The third-order valence-corrected chi connectivity index (χ3v) is 5.30. The van der Waals surface area contributed by atoms with E-state index in [0.29, 0.717) is 0 Å². The predicted octanol–water partition coefficient (Wildman–Crippen LogP) is 7.73. The summed E-state index contributed by atoms with van der Waals surface area (Å²) in [6.45, 7) is 18.5. The van der Waals surface area contributed by atoms with Gasteiger partial charge in [0.2, 0.25) is 0 Å². The first-order valence-electron chi connectivity index (χ1n) is 9.91. The highest BCUT2D eigenvalue weighted by Crippen LogP contribution is 2.46. The number of aryl methyl sites for hydroxylation is 2. The van der Waals surface area contributed by atoms with Gasteiger partial charge in [0.1, 0.15) is 0 Å². The molecule has 146 valence electrons. The van der Waals surface area contributed by atoms with Gasteiger partial charge in [0, 0.05) is 28.2 Å². The van der Waals surface area contributed by atoms with E-state index in [4.69, 9.17) is 0 Å². The molecule has 0 spiro atoms. The minimum Gasteiger partial charge on any atom is -0.289 e. The molecule has 27 heavy (non-hydrogen) atoms. The lowest BCUT2D eigenvalue weighted by molar-refractivity contribution is 0.326. The summed E-state index contributed by atoms with van der Waals surface area (Å²) in [4.78, 5) is 0. The van der Waals surface area contributed by atoms with Crippen LogP contribution in [0.4, 0.5) is 0 Å². The van der Waals surface area contributed by atoms with Crippen molar-refractivity contribution < 1.29 is 10.2 Å². The minimum absolute atomic E-state index is 0.0816.